The highest BCUT2D eigenvalue weighted by Gasteiger charge is 2.11. The number of anilines is 1. The fraction of sp³-hybridized carbons (Fsp3) is 0.714. The van der Waals surface area contributed by atoms with Gasteiger partial charge in [-0.2, -0.15) is 0 Å². The molecule has 0 bridgehead atoms. The molecule has 0 unspecified atom stereocenters. The molecule has 0 fully saturated rings. The van der Waals surface area contributed by atoms with Gasteiger partial charge in [-0.3, -0.25) is 0 Å². The Morgan fingerprint density at radius 1 is 1.26 bits per heavy atom. The van der Waals surface area contributed by atoms with Crippen LogP contribution < -0.4 is 15.4 Å². The lowest BCUT2D eigenvalue weighted by Gasteiger charge is -2.25. The Morgan fingerprint density at radius 3 is 2.58 bits per heavy atom. The van der Waals surface area contributed by atoms with Crippen molar-refractivity contribution in [1.29, 1.82) is 0 Å². The van der Waals surface area contributed by atoms with E-state index in [1.807, 2.05) is 19.9 Å². The van der Waals surface area contributed by atoms with Gasteiger partial charge in [-0.25, -0.2) is 9.97 Å². The number of nitrogens with zero attached hydrogens (tertiary/aromatic N) is 3. The number of nitrogens with two attached hydrogens (primary N) is 1. The van der Waals surface area contributed by atoms with Crippen LogP contribution in [0.4, 0.5) is 5.82 Å². The quantitative estimate of drug-likeness (QED) is 0.780. The van der Waals surface area contributed by atoms with Crippen molar-refractivity contribution in [2.75, 3.05) is 24.5 Å². The van der Waals surface area contributed by atoms with Crippen molar-refractivity contribution in [1.82, 2.24) is 9.97 Å². The summed E-state index contributed by atoms with van der Waals surface area (Å²) in [4.78, 5) is 10.7. The zero-order chi connectivity index (χ0) is 14.3. The smallest absolute Gasteiger partial charge is 0.218 e. The molecular formula is C14H26N4O. The van der Waals surface area contributed by atoms with Crippen LogP contribution >= 0.6 is 0 Å². The second-order valence-electron chi connectivity index (χ2n) is 5.36. The zero-order valence-electron chi connectivity index (χ0n) is 12.5. The SMILES string of the molecule is CC(C)CN(CCCN)c1cc(OC(C)C)ncn1. The molecule has 2 N–H and O–H groups in total. The zero-order valence-corrected chi connectivity index (χ0v) is 12.5. The van der Waals surface area contributed by atoms with E-state index in [1.165, 1.54) is 0 Å². The molecule has 0 aliphatic rings. The van der Waals surface area contributed by atoms with E-state index >= 15 is 0 Å². The Balaban J connectivity index is 2.81. The third kappa shape index (κ3) is 5.87. The van der Waals surface area contributed by atoms with E-state index in [1.54, 1.807) is 6.33 Å². The largest absolute Gasteiger partial charge is 0.475 e. The topological polar surface area (TPSA) is 64.3 Å². The van der Waals surface area contributed by atoms with Gasteiger partial charge < -0.3 is 15.4 Å². The van der Waals surface area contributed by atoms with Gasteiger partial charge >= 0.3 is 0 Å². The molecule has 1 aromatic heterocycles. The van der Waals surface area contributed by atoms with Crippen LogP contribution in [-0.4, -0.2) is 35.7 Å². The van der Waals surface area contributed by atoms with E-state index in [4.69, 9.17) is 10.5 Å². The van der Waals surface area contributed by atoms with Crippen LogP contribution in [0.2, 0.25) is 0 Å². The van der Waals surface area contributed by atoms with E-state index in [9.17, 15) is 0 Å². The van der Waals surface area contributed by atoms with Gasteiger partial charge in [0.25, 0.3) is 0 Å². The molecule has 0 atom stereocenters. The van der Waals surface area contributed by atoms with E-state index in [0.717, 1.165) is 25.3 Å². The Kier molecular flexibility index (Phi) is 6.56. The third-order valence-electron chi connectivity index (χ3n) is 2.53. The van der Waals surface area contributed by atoms with Gasteiger partial charge in [0.1, 0.15) is 12.1 Å². The van der Waals surface area contributed by atoms with Crippen molar-refractivity contribution >= 4 is 5.82 Å². The first-order valence-electron chi connectivity index (χ1n) is 6.96. The van der Waals surface area contributed by atoms with Crippen molar-refractivity contribution < 1.29 is 4.74 Å². The predicted molar refractivity (Wildman–Crippen MR) is 78.5 cm³/mol. The van der Waals surface area contributed by atoms with Crippen LogP contribution in [-0.2, 0) is 0 Å². The van der Waals surface area contributed by atoms with Gasteiger partial charge in [0.05, 0.1) is 6.10 Å². The molecule has 0 spiro atoms. The summed E-state index contributed by atoms with van der Waals surface area (Å²) in [5.74, 6) is 2.11. The Bertz CT molecular complexity index is 368. The summed E-state index contributed by atoms with van der Waals surface area (Å²) in [6.45, 7) is 10.9. The molecule has 0 saturated carbocycles. The van der Waals surface area contributed by atoms with E-state index in [2.05, 4.69) is 28.7 Å². The summed E-state index contributed by atoms with van der Waals surface area (Å²) in [6, 6.07) is 1.90. The highest BCUT2D eigenvalue weighted by molar-refractivity contribution is 5.40. The van der Waals surface area contributed by atoms with Crippen LogP contribution in [0.1, 0.15) is 34.1 Å². The summed E-state index contributed by atoms with van der Waals surface area (Å²) in [7, 11) is 0. The van der Waals surface area contributed by atoms with Crippen molar-refractivity contribution in [2.24, 2.45) is 11.7 Å². The minimum atomic E-state index is 0.116. The Hall–Kier alpha value is -1.36. The minimum Gasteiger partial charge on any atom is -0.475 e. The summed E-state index contributed by atoms with van der Waals surface area (Å²) >= 11 is 0. The lowest BCUT2D eigenvalue weighted by Crippen LogP contribution is -2.30. The second kappa shape index (κ2) is 7.94. The van der Waals surface area contributed by atoms with Crippen molar-refractivity contribution in [3.05, 3.63) is 12.4 Å². The maximum Gasteiger partial charge on any atom is 0.218 e. The molecule has 5 heteroatoms. The molecule has 1 heterocycles. The van der Waals surface area contributed by atoms with Gasteiger partial charge in [-0.15, -0.1) is 0 Å². The molecule has 108 valence electrons. The van der Waals surface area contributed by atoms with E-state index in [0.29, 0.717) is 18.3 Å². The van der Waals surface area contributed by atoms with Gasteiger partial charge in [-0.1, -0.05) is 13.8 Å². The monoisotopic (exact) mass is 266 g/mol. The lowest BCUT2D eigenvalue weighted by atomic mass is 10.2. The molecular weight excluding hydrogens is 240 g/mol. The molecule has 19 heavy (non-hydrogen) atoms. The maximum absolute atomic E-state index is 5.61. The molecule has 1 aromatic rings. The van der Waals surface area contributed by atoms with Gasteiger partial charge in [0, 0.05) is 19.2 Å². The fourth-order valence-electron chi connectivity index (χ4n) is 1.83. The molecule has 1 rings (SSSR count). The van der Waals surface area contributed by atoms with E-state index in [-0.39, 0.29) is 6.10 Å². The van der Waals surface area contributed by atoms with Crippen LogP contribution in [0.25, 0.3) is 0 Å². The third-order valence-corrected chi connectivity index (χ3v) is 2.53. The van der Waals surface area contributed by atoms with Crippen molar-refractivity contribution in [2.45, 2.75) is 40.2 Å². The van der Waals surface area contributed by atoms with Crippen LogP contribution in [0.15, 0.2) is 12.4 Å². The maximum atomic E-state index is 5.61. The minimum absolute atomic E-state index is 0.116. The highest BCUT2D eigenvalue weighted by atomic mass is 16.5. The average Bonchev–Trinajstić information content (AvgIpc) is 2.33. The second-order valence-corrected chi connectivity index (χ2v) is 5.36. The van der Waals surface area contributed by atoms with Gasteiger partial charge in [-0.05, 0) is 32.7 Å². The number of hydrogen-bond donors (Lipinski definition) is 1. The lowest BCUT2D eigenvalue weighted by molar-refractivity contribution is 0.232. The highest BCUT2D eigenvalue weighted by Crippen LogP contribution is 2.18. The number of ether oxygens (including phenoxy) is 1. The summed E-state index contributed by atoms with van der Waals surface area (Å²) < 4.78 is 5.61. The van der Waals surface area contributed by atoms with E-state index < -0.39 is 0 Å². The molecule has 0 aliphatic heterocycles. The van der Waals surface area contributed by atoms with Crippen LogP contribution in [0, 0.1) is 5.92 Å². The standard InChI is InChI=1S/C14H26N4O/c1-11(2)9-18(7-5-6-15)13-8-14(17-10-16-13)19-12(3)4/h8,10-12H,5-7,9,15H2,1-4H3. The van der Waals surface area contributed by atoms with Gasteiger partial charge in [0.2, 0.25) is 5.88 Å². The van der Waals surface area contributed by atoms with Crippen molar-refractivity contribution in [3.8, 4) is 5.88 Å². The van der Waals surface area contributed by atoms with Gasteiger partial charge in [0.15, 0.2) is 0 Å². The fourth-order valence-corrected chi connectivity index (χ4v) is 1.83. The molecule has 0 radical (unpaired) electrons. The number of aromatic nitrogens is 2. The molecule has 0 aromatic carbocycles. The number of rotatable bonds is 8. The summed E-state index contributed by atoms with van der Waals surface area (Å²) in [5, 5.41) is 0. The summed E-state index contributed by atoms with van der Waals surface area (Å²) in [6.07, 6.45) is 2.63. The average molecular weight is 266 g/mol. The first-order valence-corrected chi connectivity index (χ1v) is 6.96. The normalized spacial score (nSPS) is 11.1. The van der Waals surface area contributed by atoms with Crippen molar-refractivity contribution in [3.63, 3.8) is 0 Å². The Morgan fingerprint density at radius 2 is 2.00 bits per heavy atom. The first kappa shape index (κ1) is 15.7. The Labute approximate surface area is 116 Å². The molecule has 0 saturated heterocycles. The van der Waals surface area contributed by atoms with Crippen LogP contribution in [0.5, 0.6) is 5.88 Å². The van der Waals surface area contributed by atoms with Crippen LogP contribution in [0.3, 0.4) is 0 Å². The first-order chi connectivity index (χ1) is 9.02. The predicted octanol–water partition coefficient (Wildman–Crippen LogP) is 2.08. The molecule has 0 aliphatic carbocycles. The number of hydrogen-bond acceptors (Lipinski definition) is 5. The molecule has 5 nitrogen and oxygen atoms in total. The summed E-state index contributed by atoms with van der Waals surface area (Å²) in [5.41, 5.74) is 5.60. The molecule has 0 amide bonds.